The Balaban J connectivity index is 1.41. The monoisotopic (exact) mass is 454 g/mol. The Hall–Kier alpha value is -2.91. The van der Waals surface area contributed by atoms with Crippen molar-refractivity contribution >= 4 is 45.8 Å². The van der Waals surface area contributed by atoms with E-state index < -0.39 is 12.0 Å². The molecule has 1 aliphatic heterocycles. The van der Waals surface area contributed by atoms with E-state index in [-0.39, 0.29) is 11.7 Å². The second-order valence-electron chi connectivity index (χ2n) is 7.19. The maximum Gasteiger partial charge on any atom is 0.328 e. The fourth-order valence-corrected chi connectivity index (χ4v) is 5.16. The molecule has 0 saturated carbocycles. The second-order valence-corrected chi connectivity index (χ2v) is 9.39. The molecule has 0 aliphatic carbocycles. The van der Waals surface area contributed by atoms with Crippen molar-refractivity contribution in [3.63, 3.8) is 0 Å². The number of thioether (sulfide) groups is 1. The molecule has 0 unspecified atom stereocenters. The highest BCUT2D eigenvalue weighted by molar-refractivity contribution is 8.01. The lowest BCUT2D eigenvalue weighted by molar-refractivity contribution is -0.153. The molecule has 0 fully saturated rings. The van der Waals surface area contributed by atoms with Crippen molar-refractivity contribution in [2.45, 2.75) is 30.3 Å². The van der Waals surface area contributed by atoms with Crippen LogP contribution in [0.1, 0.15) is 16.7 Å². The van der Waals surface area contributed by atoms with Crippen molar-refractivity contribution in [1.82, 2.24) is 15.1 Å². The van der Waals surface area contributed by atoms with Gasteiger partial charge < -0.3 is 15.0 Å². The zero-order chi connectivity index (χ0) is 21.8. The number of methoxy groups -OCH3 is 1. The van der Waals surface area contributed by atoms with Gasteiger partial charge in [-0.25, -0.2) is 4.79 Å². The fraction of sp³-hybridized carbons (Fsp3) is 0.273. The molecule has 31 heavy (non-hydrogen) atoms. The van der Waals surface area contributed by atoms with E-state index in [1.807, 2.05) is 55.5 Å². The van der Waals surface area contributed by atoms with Gasteiger partial charge in [-0.1, -0.05) is 59.5 Å². The van der Waals surface area contributed by atoms with E-state index in [2.05, 4.69) is 15.5 Å². The molecule has 1 aliphatic rings. The van der Waals surface area contributed by atoms with Crippen molar-refractivity contribution in [2.24, 2.45) is 0 Å². The Kier molecular flexibility index (Phi) is 6.53. The molecule has 1 aromatic heterocycles. The van der Waals surface area contributed by atoms with Gasteiger partial charge in [0.15, 0.2) is 4.34 Å². The number of esters is 1. The second kappa shape index (κ2) is 9.49. The molecule has 0 saturated heterocycles. The summed E-state index contributed by atoms with van der Waals surface area (Å²) in [5.41, 5.74) is 4.22. The standard InChI is InChI=1S/C22H22N4O3S2/c1-14-6-5-9-17(10-14)23-21-24-25-22(31-21)30-13-19(27)26-12-16-8-4-3-7-15(16)11-18(26)20(28)29-2/h3-10,18H,11-13H2,1-2H3,(H,23,24)/t18-/m1/s1. The quantitative estimate of drug-likeness (QED) is 0.448. The van der Waals surface area contributed by atoms with Gasteiger partial charge in [-0.15, -0.1) is 10.2 Å². The Morgan fingerprint density at radius 1 is 1.19 bits per heavy atom. The third kappa shape index (κ3) is 5.05. The van der Waals surface area contributed by atoms with Crippen molar-refractivity contribution in [3.8, 4) is 0 Å². The van der Waals surface area contributed by atoms with Gasteiger partial charge >= 0.3 is 5.97 Å². The molecule has 1 atom stereocenters. The minimum Gasteiger partial charge on any atom is -0.467 e. The summed E-state index contributed by atoms with van der Waals surface area (Å²) >= 11 is 2.71. The molecule has 2 heterocycles. The van der Waals surface area contributed by atoms with Crippen LogP contribution >= 0.6 is 23.1 Å². The number of nitrogens with one attached hydrogen (secondary N) is 1. The van der Waals surface area contributed by atoms with Crippen LogP contribution in [0.5, 0.6) is 0 Å². The predicted molar refractivity (Wildman–Crippen MR) is 122 cm³/mol. The Morgan fingerprint density at radius 2 is 2.00 bits per heavy atom. The van der Waals surface area contributed by atoms with Crippen molar-refractivity contribution in [2.75, 3.05) is 18.2 Å². The Bertz CT molecular complexity index is 1100. The van der Waals surface area contributed by atoms with Gasteiger partial charge in [0.25, 0.3) is 0 Å². The highest BCUT2D eigenvalue weighted by Gasteiger charge is 2.35. The zero-order valence-electron chi connectivity index (χ0n) is 17.2. The first-order valence-electron chi connectivity index (χ1n) is 9.77. The first-order valence-corrected chi connectivity index (χ1v) is 11.6. The summed E-state index contributed by atoms with van der Waals surface area (Å²) in [6.45, 7) is 2.42. The Morgan fingerprint density at radius 3 is 2.77 bits per heavy atom. The molecule has 0 radical (unpaired) electrons. The number of aromatic nitrogens is 2. The molecule has 2 aromatic carbocycles. The molecular formula is C22H22N4O3S2. The van der Waals surface area contributed by atoms with E-state index in [4.69, 9.17) is 4.74 Å². The van der Waals surface area contributed by atoms with Crippen LogP contribution in [0.3, 0.4) is 0 Å². The van der Waals surface area contributed by atoms with Crippen LogP contribution in [-0.2, 0) is 27.3 Å². The number of carbonyl (C=O) groups is 2. The largest absolute Gasteiger partial charge is 0.467 e. The topological polar surface area (TPSA) is 84.4 Å². The first kappa shape index (κ1) is 21.3. The molecular weight excluding hydrogens is 432 g/mol. The number of hydrogen-bond acceptors (Lipinski definition) is 8. The first-order chi connectivity index (χ1) is 15.0. The van der Waals surface area contributed by atoms with E-state index in [1.54, 1.807) is 4.90 Å². The number of hydrogen-bond donors (Lipinski definition) is 1. The average molecular weight is 455 g/mol. The number of rotatable bonds is 6. The average Bonchev–Trinajstić information content (AvgIpc) is 3.23. The lowest BCUT2D eigenvalue weighted by atomic mass is 9.94. The van der Waals surface area contributed by atoms with Crippen LogP contribution in [0.25, 0.3) is 0 Å². The number of ether oxygens (including phenoxy) is 1. The van der Waals surface area contributed by atoms with E-state index in [9.17, 15) is 9.59 Å². The van der Waals surface area contributed by atoms with Crippen LogP contribution in [0.15, 0.2) is 52.9 Å². The zero-order valence-corrected chi connectivity index (χ0v) is 18.8. The molecule has 0 bridgehead atoms. The van der Waals surface area contributed by atoms with E-state index >= 15 is 0 Å². The smallest absolute Gasteiger partial charge is 0.328 e. The lowest BCUT2D eigenvalue weighted by Gasteiger charge is -2.35. The minimum atomic E-state index is -0.610. The third-order valence-corrected chi connectivity index (χ3v) is 6.99. The molecule has 160 valence electrons. The summed E-state index contributed by atoms with van der Waals surface area (Å²) in [7, 11) is 1.35. The predicted octanol–water partition coefficient (Wildman–Crippen LogP) is 3.81. The van der Waals surface area contributed by atoms with Gasteiger partial charge in [0.2, 0.25) is 11.0 Å². The van der Waals surface area contributed by atoms with Crippen LogP contribution in [0.2, 0.25) is 0 Å². The summed E-state index contributed by atoms with van der Waals surface area (Å²) in [6.07, 6.45) is 0.461. The van der Waals surface area contributed by atoms with Crippen molar-refractivity contribution in [3.05, 3.63) is 65.2 Å². The number of amides is 1. The van der Waals surface area contributed by atoms with Gasteiger partial charge in [-0.3, -0.25) is 4.79 Å². The minimum absolute atomic E-state index is 0.127. The van der Waals surface area contributed by atoms with Gasteiger partial charge in [0.1, 0.15) is 6.04 Å². The highest BCUT2D eigenvalue weighted by Crippen LogP contribution is 2.30. The molecule has 4 rings (SSSR count). The van der Waals surface area contributed by atoms with Gasteiger partial charge in [-0.05, 0) is 35.7 Å². The Labute approximate surface area is 188 Å². The number of fused-ring (bicyclic) bond motifs is 1. The van der Waals surface area contributed by atoms with Crippen molar-refractivity contribution < 1.29 is 14.3 Å². The fourth-order valence-electron chi connectivity index (χ4n) is 3.50. The van der Waals surface area contributed by atoms with E-state index in [0.717, 1.165) is 22.4 Å². The molecule has 1 N–H and O–H groups in total. The number of carbonyl (C=O) groups excluding carboxylic acids is 2. The number of nitrogens with zero attached hydrogens (tertiary/aromatic N) is 3. The summed E-state index contributed by atoms with van der Waals surface area (Å²) < 4.78 is 5.64. The van der Waals surface area contributed by atoms with Crippen LogP contribution in [0, 0.1) is 6.92 Å². The highest BCUT2D eigenvalue weighted by atomic mass is 32.2. The molecule has 7 nitrogen and oxygen atoms in total. The normalized spacial score (nSPS) is 15.3. The maximum absolute atomic E-state index is 13.0. The number of anilines is 2. The SMILES string of the molecule is COC(=O)[C@H]1Cc2ccccc2CN1C(=O)CSc1nnc(Nc2cccc(C)c2)s1. The van der Waals surface area contributed by atoms with Gasteiger partial charge in [0, 0.05) is 18.7 Å². The van der Waals surface area contributed by atoms with Gasteiger partial charge in [0.05, 0.1) is 12.9 Å². The lowest BCUT2D eigenvalue weighted by Crippen LogP contribution is -2.49. The van der Waals surface area contributed by atoms with Gasteiger partial charge in [-0.2, -0.15) is 0 Å². The van der Waals surface area contributed by atoms with Crippen LogP contribution < -0.4 is 5.32 Å². The van der Waals surface area contributed by atoms with Crippen LogP contribution in [0.4, 0.5) is 10.8 Å². The summed E-state index contributed by atoms with van der Waals surface area (Å²) in [5.74, 6) is -0.346. The third-order valence-electron chi connectivity index (χ3n) is 5.04. The summed E-state index contributed by atoms with van der Waals surface area (Å²) in [5, 5.41) is 12.2. The molecule has 9 heteroatoms. The molecule has 1 amide bonds. The van der Waals surface area contributed by atoms with E-state index in [0.29, 0.717) is 22.4 Å². The summed E-state index contributed by atoms with van der Waals surface area (Å²) in [6, 6.07) is 15.2. The summed E-state index contributed by atoms with van der Waals surface area (Å²) in [4.78, 5) is 26.9. The van der Waals surface area contributed by atoms with Crippen molar-refractivity contribution in [1.29, 1.82) is 0 Å². The maximum atomic E-state index is 13.0. The number of benzene rings is 2. The van der Waals surface area contributed by atoms with E-state index in [1.165, 1.54) is 30.2 Å². The molecule has 3 aromatic rings. The molecule has 0 spiro atoms. The number of aryl methyl sites for hydroxylation is 1. The van der Waals surface area contributed by atoms with Crippen LogP contribution in [-0.4, -0.2) is 45.9 Å².